The number of benzene rings is 10. The highest BCUT2D eigenvalue weighted by Gasteiger charge is 2.55. The second-order valence-electron chi connectivity index (χ2n) is 25.3. The van der Waals surface area contributed by atoms with Crippen LogP contribution in [0.15, 0.2) is 128 Å². The van der Waals surface area contributed by atoms with Crippen LogP contribution in [0.3, 0.4) is 0 Å². The Morgan fingerprint density at radius 2 is 0.426 bits per heavy atom. The number of hydrogen-bond acceptors (Lipinski definition) is 45. The van der Waals surface area contributed by atoms with E-state index >= 15 is 19.2 Å². The first kappa shape index (κ1) is 84.8. The van der Waals surface area contributed by atoms with E-state index in [2.05, 4.69) is 6.58 Å². The molecule has 0 aliphatic carbocycles. The third-order valence-electron chi connectivity index (χ3n) is 17.0. The van der Waals surface area contributed by atoms with E-state index in [9.17, 15) is 152 Å². The summed E-state index contributed by atoms with van der Waals surface area (Å²) < 4.78 is 61.1. The van der Waals surface area contributed by atoms with Gasteiger partial charge in [0.2, 0.25) is 41.1 Å². The highest BCUT2D eigenvalue weighted by molar-refractivity contribution is 5.99. The van der Waals surface area contributed by atoms with E-state index in [1.807, 2.05) is 0 Å². The number of phenols is 25. The molecule has 0 aromatic heterocycles. The van der Waals surface area contributed by atoms with Crippen molar-refractivity contribution in [3.8, 4) is 172 Å². The number of esters is 9. The maximum absolute atomic E-state index is 15.3. The molecule has 0 amide bonds. The fourth-order valence-electron chi connectivity index (χ4n) is 10.9. The van der Waals surface area contributed by atoms with Gasteiger partial charge in [0, 0.05) is 5.56 Å². The minimum atomic E-state index is -3.08. The highest BCUT2D eigenvalue weighted by Crippen LogP contribution is 2.48. The number of aromatic hydroxyl groups is 25. The van der Waals surface area contributed by atoms with E-state index in [-0.39, 0.29) is 5.56 Å². The summed E-state index contributed by atoms with van der Waals surface area (Å²) in [4.78, 5) is 129. The molecule has 1 fully saturated rings. The van der Waals surface area contributed by atoms with Crippen LogP contribution in [-0.4, -0.2) is 219 Å². The number of carbonyl (C=O) groups excluding carboxylic acids is 9. The Kier molecular flexibility index (Phi) is 23.2. The van der Waals surface area contributed by atoms with Crippen LogP contribution in [0.5, 0.6) is 172 Å². The van der Waals surface area contributed by atoms with Gasteiger partial charge in [-0.25, -0.2) is 43.2 Å². The third kappa shape index (κ3) is 17.6. The standard InChI is InChI=1S/C77H54O45/c1-23(24-2-34(78)55(93)35(79)3-24)113-49-18-33(16-45(89)60(49)98)76(111)122-77-67(121-75(110)32-15-48(92)64(102)53(21-32)117-72(107)28-10-42(86)59(97)43(87)11-28)66(120-74(109)31-14-47(91)63(101)52(20-31)116-71(106)27-8-40(84)58(96)41(85)9-27)65(119-73(108)30-13-46(90)62(100)51(19-30)115-70(105)26-6-38(82)57(95)39(83)7-26)54(118-77)22-112-68(103)29-12-44(88)61(99)50(17-29)114-69(104)25-4-36(80)56(94)37(81)5-25/h2-21,54,65-67,77-102H,1,22H2/t54-,65+,66-,67+,77+/m0/s1. The lowest BCUT2D eigenvalue weighted by atomic mass is 9.97. The van der Waals surface area contributed by atoms with E-state index in [1.54, 1.807) is 0 Å². The lowest BCUT2D eigenvalue weighted by Gasteiger charge is -2.43. The van der Waals surface area contributed by atoms with Crippen molar-refractivity contribution < 1.29 is 223 Å². The fourth-order valence-corrected chi connectivity index (χ4v) is 10.9. The molecule has 45 nitrogen and oxygen atoms in total. The SMILES string of the molecule is C=C(Oc1cc(C(=O)O[C@H]2O[C@@H](COC(=O)c3cc(O)c(O)c(OC(=O)c4cc(O)c(O)c(O)c4)c3)[C@@H](OC(=O)c3cc(O)c(O)c(OC(=O)c4cc(O)c(O)c(O)c4)c3)[C@H](OC(=O)c3cc(O)c(O)c(OC(=O)c4cc(O)c(O)c(O)c4)c3)[C@H]2OC(=O)c2cc(O)c(O)c(OC(=O)c3cc(O)c(O)c(O)c3)c2)cc(O)c1O)c1cc(O)c(O)c(O)c1. The largest absolute Gasteiger partial charge is 0.504 e. The van der Waals surface area contributed by atoms with Crippen LogP contribution in [0.4, 0.5) is 0 Å². The molecule has 10 aromatic rings. The zero-order valence-electron chi connectivity index (χ0n) is 60.2. The van der Waals surface area contributed by atoms with Gasteiger partial charge in [0.05, 0.1) is 50.1 Å². The topological polar surface area (TPSA) is 761 Å². The zero-order valence-corrected chi connectivity index (χ0v) is 60.2. The van der Waals surface area contributed by atoms with E-state index in [0.717, 1.165) is 12.1 Å². The molecule has 1 heterocycles. The van der Waals surface area contributed by atoms with E-state index < -0.39 is 319 Å². The molecular weight excluding hydrogens is 1640 g/mol. The van der Waals surface area contributed by atoms with Gasteiger partial charge in [-0.15, -0.1) is 0 Å². The minimum Gasteiger partial charge on any atom is -0.504 e. The summed E-state index contributed by atoms with van der Waals surface area (Å²) in [7, 11) is 0. The van der Waals surface area contributed by atoms with Gasteiger partial charge < -0.3 is 180 Å². The fraction of sp³-hybridized carbons (Fsp3) is 0.0779. The van der Waals surface area contributed by atoms with Gasteiger partial charge >= 0.3 is 53.7 Å². The van der Waals surface area contributed by atoms with Crippen LogP contribution in [0.2, 0.25) is 0 Å². The van der Waals surface area contributed by atoms with Crippen molar-refractivity contribution in [1.29, 1.82) is 0 Å². The number of rotatable bonds is 22. The van der Waals surface area contributed by atoms with Crippen LogP contribution in [0.1, 0.15) is 98.8 Å². The monoisotopic (exact) mass is 1700 g/mol. The quantitative estimate of drug-likeness (QED) is 0.0128. The van der Waals surface area contributed by atoms with E-state index in [0.29, 0.717) is 109 Å². The minimum absolute atomic E-state index is 0.312. The summed E-state index contributed by atoms with van der Waals surface area (Å²) in [5.41, 5.74) is -9.21. The summed E-state index contributed by atoms with van der Waals surface area (Å²) in [6.07, 6.45) is -14.9. The second-order valence-corrected chi connectivity index (χ2v) is 25.3. The van der Waals surface area contributed by atoms with Crippen LogP contribution in [-0.2, 0) is 28.4 Å². The number of hydrogen-bond donors (Lipinski definition) is 25. The van der Waals surface area contributed by atoms with Crippen molar-refractivity contribution >= 4 is 59.5 Å². The first-order valence-electron chi connectivity index (χ1n) is 33.3. The third-order valence-corrected chi connectivity index (χ3v) is 17.0. The molecule has 5 atom stereocenters. The predicted octanol–water partition coefficient (Wildman–Crippen LogP) is 5.67. The Hall–Kier alpha value is -18.1. The van der Waals surface area contributed by atoms with Crippen molar-refractivity contribution in [1.82, 2.24) is 0 Å². The Morgan fingerprint density at radius 1 is 0.230 bits per heavy atom. The molecule has 0 unspecified atom stereocenters. The Labute approximate surface area is 673 Å². The number of ether oxygens (including phenoxy) is 11. The molecule has 0 spiro atoms. The molecule has 0 saturated carbocycles. The predicted molar refractivity (Wildman–Crippen MR) is 388 cm³/mol. The van der Waals surface area contributed by atoms with Crippen molar-refractivity contribution in [2.75, 3.05) is 6.61 Å². The maximum atomic E-state index is 15.3. The smallest absolute Gasteiger partial charge is 0.343 e. The van der Waals surface area contributed by atoms with Gasteiger partial charge in [0.15, 0.2) is 156 Å². The molecular formula is C77H54O45. The first-order chi connectivity index (χ1) is 57.4. The van der Waals surface area contributed by atoms with Gasteiger partial charge in [-0.05, 0) is 121 Å². The molecule has 122 heavy (non-hydrogen) atoms. The zero-order chi connectivity index (χ0) is 89.4. The molecule has 1 aliphatic rings. The maximum Gasteiger partial charge on any atom is 0.343 e. The normalized spacial score (nSPS) is 14.6. The van der Waals surface area contributed by atoms with Gasteiger partial charge in [-0.1, -0.05) is 6.58 Å². The van der Waals surface area contributed by atoms with Gasteiger partial charge in [0.1, 0.15) is 18.5 Å². The van der Waals surface area contributed by atoms with Crippen LogP contribution in [0, 0.1) is 0 Å². The molecule has 632 valence electrons. The Morgan fingerprint density at radius 3 is 0.689 bits per heavy atom. The van der Waals surface area contributed by atoms with Gasteiger partial charge in [-0.3, -0.25) is 0 Å². The average Bonchev–Trinajstić information content (AvgIpc) is 0.763. The van der Waals surface area contributed by atoms with Gasteiger partial charge in [-0.2, -0.15) is 0 Å². The lowest BCUT2D eigenvalue weighted by molar-refractivity contribution is -0.282. The molecule has 25 N–H and O–H groups in total. The van der Waals surface area contributed by atoms with E-state index in [1.165, 1.54) is 0 Å². The summed E-state index contributed by atoms with van der Waals surface area (Å²) in [5.74, 6) is -53.5. The van der Waals surface area contributed by atoms with Crippen LogP contribution >= 0.6 is 0 Å². The number of carbonyl (C=O) groups is 9. The van der Waals surface area contributed by atoms with Crippen molar-refractivity contribution in [2.45, 2.75) is 30.7 Å². The molecule has 1 aliphatic heterocycles. The Bertz CT molecular complexity index is 5970. The summed E-state index contributed by atoms with van der Waals surface area (Å²) in [6, 6.07) is 9.52. The molecule has 10 aromatic carbocycles. The molecule has 0 bridgehead atoms. The molecule has 0 radical (unpaired) electrons. The van der Waals surface area contributed by atoms with Crippen molar-refractivity contribution in [3.05, 3.63) is 184 Å². The second kappa shape index (κ2) is 33.4. The van der Waals surface area contributed by atoms with Crippen molar-refractivity contribution in [3.63, 3.8) is 0 Å². The Balaban J connectivity index is 1.09. The summed E-state index contributed by atoms with van der Waals surface area (Å²) in [5, 5.41) is 262. The van der Waals surface area contributed by atoms with Crippen LogP contribution in [0.25, 0.3) is 5.76 Å². The highest BCUT2D eigenvalue weighted by atomic mass is 16.8. The van der Waals surface area contributed by atoms with E-state index in [4.69, 9.17) is 52.1 Å². The van der Waals surface area contributed by atoms with Gasteiger partial charge in [0.25, 0.3) is 0 Å². The molecule has 45 heteroatoms. The first-order valence-corrected chi connectivity index (χ1v) is 33.3. The molecule has 11 rings (SSSR count). The average molecular weight is 1700 g/mol. The summed E-state index contributed by atoms with van der Waals surface area (Å²) >= 11 is 0. The summed E-state index contributed by atoms with van der Waals surface area (Å²) in [6.45, 7) is 1.90. The molecule has 1 saturated heterocycles. The lowest BCUT2D eigenvalue weighted by Crippen LogP contribution is -2.63. The number of phenolic OH excluding ortho intramolecular Hbond substituents is 25. The van der Waals surface area contributed by atoms with Crippen molar-refractivity contribution in [2.24, 2.45) is 0 Å². The van der Waals surface area contributed by atoms with Crippen LogP contribution < -0.4 is 23.7 Å².